The normalized spacial score (nSPS) is 15.1. The zero-order chi connectivity index (χ0) is 23.2. The number of fused-ring (bicyclic) bond motifs is 2. The molecule has 1 aromatic carbocycles. The third kappa shape index (κ3) is 4.26. The number of aliphatic carboxylic acids is 1. The number of rotatable bonds is 7. The van der Waals surface area contributed by atoms with Gasteiger partial charge in [0, 0.05) is 36.7 Å². The highest BCUT2D eigenvalue weighted by molar-refractivity contribution is 6.35. The molecule has 4 aromatic rings. The van der Waals surface area contributed by atoms with Crippen LogP contribution < -0.4 is 5.32 Å². The van der Waals surface area contributed by atoms with Gasteiger partial charge in [0.15, 0.2) is 5.69 Å². The summed E-state index contributed by atoms with van der Waals surface area (Å²) in [6.45, 7) is 5.39. The minimum Gasteiger partial charge on any atom is -0.481 e. The van der Waals surface area contributed by atoms with Gasteiger partial charge in [-0.15, -0.1) is 0 Å². The molecule has 0 aliphatic heterocycles. The van der Waals surface area contributed by atoms with Crippen LogP contribution in [-0.4, -0.2) is 37.5 Å². The number of halogens is 1. The van der Waals surface area contributed by atoms with Crippen molar-refractivity contribution in [1.29, 1.82) is 0 Å². The van der Waals surface area contributed by atoms with E-state index in [9.17, 15) is 4.79 Å². The van der Waals surface area contributed by atoms with Crippen LogP contribution in [0.4, 0.5) is 0 Å². The molecule has 0 spiro atoms. The Balaban J connectivity index is 1.40. The van der Waals surface area contributed by atoms with E-state index < -0.39 is 5.97 Å². The quantitative estimate of drug-likeness (QED) is 0.382. The van der Waals surface area contributed by atoms with Crippen LogP contribution in [0.3, 0.4) is 0 Å². The summed E-state index contributed by atoms with van der Waals surface area (Å²) in [5.74, 6) is 0.751. The molecule has 0 fully saturated rings. The predicted octanol–water partition coefficient (Wildman–Crippen LogP) is 4.40. The van der Waals surface area contributed by atoms with Crippen LogP contribution in [0.25, 0.3) is 28.4 Å². The third-order valence-electron chi connectivity index (χ3n) is 6.06. The average molecular weight is 470 g/mol. The first-order valence-electron chi connectivity index (χ1n) is 10.8. The Morgan fingerprint density at radius 2 is 2.15 bits per heavy atom. The Bertz CT molecular complexity index is 1340. The molecule has 0 amide bonds. The number of carbonyl (C=O) groups is 1. The second kappa shape index (κ2) is 8.31. The number of carboxylic acid groups (broad SMARTS) is 1. The molecule has 2 N–H and O–H groups in total. The Morgan fingerprint density at radius 3 is 2.97 bits per heavy atom. The standard InChI is InChI=1S/C23H24ClN5O4/c1-23(2)7-5-14-18(10-23)32-27-20(14)21-26-22(28-33-21)29-12-16(24)15-9-13(3-4-17(15)29)11-25-8-6-19(30)31/h3-4,9,12,25H,5-8,10-11H2,1-2H3,(H,30,31). The number of nitrogens with one attached hydrogen (secondary N) is 1. The van der Waals surface area contributed by atoms with Gasteiger partial charge in [-0.2, -0.15) is 4.98 Å². The van der Waals surface area contributed by atoms with E-state index in [4.69, 9.17) is 25.8 Å². The van der Waals surface area contributed by atoms with Gasteiger partial charge < -0.3 is 19.5 Å². The maximum absolute atomic E-state index is 10.7. The van der Waals surface area contributed by atoms with Crippen molar-refractivity contribution in [3.63, 3.8) is 0 Å². The number of hydrogen-bond acceptors (Lipinski definition) is 7. The van der Waals surface area contributed by atoms with Crippen LogP contribution >= 0.6 is 11.6 Å². The molecule has 0 saturated carbocycles. The molecule has 1 aliphatic carbocycles. The van der Waals surface area contributed by atoms with E-state index in [2.05, 4.69) is 34.5 Å². The highest BCUT2D eigenvalue weighted by Crippen LogP contribution is 2.39. The van der Waals surface area contributed by atoms with E-state index in [1.807, 2.05) is 18.2 Å². The lowest BCUT2D eigenvalue weighted by atomic mass is 9.77. The van der Waals surface area contributed by atoms with Crippen LogP contribution in [0.1, 0.15) is 43.6 Å². The summed E-state index contributed by atoms with van der Waals surface area (Å²) >= 11 is 6.50. The molecular weight excluding hydrogens is 446 g/mol. The van der Waals surface area contributed by atoms with Crippen molar-refractivity contribution in [2.45, 2.75) is 46.1 Å². The maximum atomic E-state index is 10.7. The van der Waals surface area contributed by atoms with Gasteiger partial charge in [-0.1, -0.05) is 36.7 Å². The Labute approximate surface area is 194 Å². The third-order valence-corrected chi connectivity index (χ3v) is 6.36. The van der Waals surface area contributed by atoms with Crippen LogP contribution in [0.15, 0.2) is 33.4 Å². The van der Waals surface area contributed by atoms with Crippen molar-refractivity contribution in [3.8, 4) is 17.5 Å². The molecule has 3 aromatic heterocycles. The fraction of sp³-hybridized carbons (Fsp3) is 0.391. The zero-order valence-electron chi connectivity index (χ0n) is 18.4. The molecular formula is C23H24ClN5O4. The van der Waals surface area contributed by atoms with E-state index >= 15 is 0 Å². The summed E-state index contributed by atoms with van der Waals surface area (Å²) in [6, 6.07) is 5.86. The SMILES string of the molecule is CC1(C)CCc2c(-c3nc(-n4cc(Cl)c5cc(CNCCC(=O)O)ccc54)no3)noc2C1. The first-order chi connectivity index (χ1) is 15.8. The van der Waals surface area contributed by atoms with Crippen molar-refractivity contribution in [3.05, 3.63) is 46.3 Å². The Hall–Kier alpha value is -3.17. The molecule has 1 aliphatic rings. The van der Waals surface area contributed by atoms with Gasteiger partial charge in [0.1, 0.15) is 5.76 Å². The predicted molar refractivity (Wildman–Crippen MR) is 121 cm³/mol. The fourth-order valence-electron chi connectivity index (χ4n) is 4.24. The van der Waals surface area contributed by atoms with Crippen molar-refractivity contribution in [2.24, 2.45) is 5.41 Å². The summed E-state index contributed by atoms with van der Waals surface area (Å²) < 4.78 is 12.9. The molecule has 0 radical (unpaired) electrons. The van der Waals surface area contributed by atoms with E-state index in [1.54, 1.807) is 10.8 Å². The van der Waals surface area contributed by atoms with E-state index in [0.29, 0.717) is 35.6 Å². The second-order valence-corrected chi connectivity index (χ2v) is 9.60. The summed E-state index contributed by atoms with van der Waals surface area (Å²) in [6.07, 6.45) is 4.57. The summed E-state index contributed by atoms with van der Waals surface area (Å²) in [7, 11) is 0. The molecule has 0 atom stereocenters. The molecule has 0 unspecified atom stereocenters. The average Bonchev–Trinajstić information content (AvgIpc) is 3.47. The second-order valence-electron chi connectivity index (χ2n) is 9.19. The minimum atomic E-state index is -0.826. The summed E-state index contributed by atoms with van der Waals surface area (Å²) in [5, 5.41) is 21.6. The minimum absolute atomic E-state index is 0.0754. The van der Waals surface area contributed by atoms with Crippen LogP contribution in [0.5, 0.6) is 0 Å². The smallest absolute Gasteiger partial charge is 0.304 e. The summed E-state index contributed by atoms with van der Waals surface area (Å²) in [5.41, 5.74) is 3.68. The van der Waals surface area contributed by atoms with Crippen molar-refractivity contribution in [2.75, 3.05) is 6.54 Å². The Kier molecular flexibility index (Phi) is 5.46. The molecule has 9 nitrogen and oxygen atoms in total. The highest BCUT2D eigenvalue weighted by atomic mass is 35.5. The van der Waals surface area contributed by atoms with E-state index in [0.717, 1.165) is 47.1 Å². The van der Waals surface area contributed by atoms with E-state index in [-0.39, 0.29) is 11.8 Å². The maximum Gasteiger partial charge on any atom is 0.304 e. The Morgan fingerprint density at radius 1 is 1.30 bits per heavy atom. The molecule has 5 rings (SSSR count). The topological polar surface area (TPSA) is 119 Å². The first kappa shape index (κ1) is 21.7. The number of hydrogen-bond donors (Lipinski definition) is 2. The molecule has 10 heteroatoms. The van der Waals surface area contributed by atoms with Crippen LogP contribution in [0, 0.1) is 5.41 Å². The van der Waals surface area contributed by atoms with Crippen molar-refractivity contribution >= 4 is 28.5 Å². The van der Waals surface area contributed by atoms with Gasteiger partial charge in [-0.25, -0.2) is 0 Å². The van der Waals surface area contributed by atoms with Gasteiger partial charge in [-0.3, -0.25) is 9.36 Å². The van der Waals surface area contributed by atoms with Gasteiger partial charge in [0.05, 0.1) is 17.0 Å². The van der Waals surface area contributed by atoms with Gasteiger partial charge >= 0.3 is 5.97 Å². The molecule has 3 heterocycles. The number of nitrogens with zero attached hydrogens (tertiary/aromatic N) is 4. The zero-order valence-corrected chi connectivity index (χ0v) is 19.1. The largest absolute Gasteiger partial charge is 0.481 e. The number of aromatic nitrogens is 4. The lowest BCUT2D eigenvalue weighted by Gasteiger charge is -2.27. The van der Waals surface area contributed by atoms with Crippen LogP contribution in [-0.2, 0) is 24.2 Å². The molecule has 0 bridgehead atoms. The van der Waals surface area contributed by atoms with Gasteiger partial charge in [0.2, 0.25) is 0 Å². The lowest BCUT2D eigenvalue weighted by Crippen LogP contribution is -2.21. The van der Waals surface area contributed by atoms with Crippen LogP contribution in [0.2, 0.25) is 5.02 Å². The first-order valence-corrected chi connectivity index (χ1v) is 11.2. The molecule has 0 saturated heterocycles. The molecule has 33 heavy (non-hydrogen) atoms. The monoisotopic (exact) mass is 469 g/mol. The number of carboxylic acids is 1. The fourth-order valence-corrected chi connectivity index (χ4v) is 4.49. The highest BCUT2D eigenvalue weighted by Gasteiger charge is 2.32. The summed E-state index contributed by atoms with van der Waals surface area (Å²) in [4.78, 5) is 15.2. The van der Waals surface area contributed by atoms with E-state index in [1.165, 1.54) is 0 Å². The number of benzene rings is 1. The van der Waals surface area contributed by atoms with Crippen molar-refractivity contribution in [1.82, 2.24) is 25.2 Å². The van der Waals surface area contributed by atoms with Gasteiger partial charge in [0.25, 0.3) is 11.8 Å². The van der Waals surface area contributed by atoms with Crippen molar-refractivity contribution < 1.29 is 18.9 Å². The van der Waals surface area contributed by atoms with Gasteiger partial charge in [-0.05, 0) is 41.1 Å². The molecule has 172 valence electrons. The lowest BCUT2D eigenvalue weighted by molar-refractivity contribution is -0.136.